The van der Waals surface area contributed by atoms with E-state index in [1.165, 1.54) is 6.26 Å². The molecule has 2 aliphatic rings. The Labute approximate surface area is 155 Å². The topological polar surface area (TPSA) is 84.5 Å². The number of rotatable bonds is 2. The summed E-state index contributed by atoms with van der Waals surface area (Å²) in [7, 11) is 0. The van der Waals surface area contributed by atoms with E-state index in [4.69, 9.17) is 4.52 Å². The van der Waals surface area contributed by atoms with Gasteiger partial charge in [-0.1, -0.05) is 5.16 Å². The van der Waals surface area contributed by atoms with Gasteiger partial charge in [-0.3, -0.25) is 14.6 Å². The van der Waals surface area contributed by atoms with Gasteiger partial charge in [0.1, 0.15) is 17.5 Å². The summed E-state index contributed by atoms with van der Waals surface area (Å²) in [4.78, 5) is 34.2. The van der Waals surface area contributed by atoms with Gasteiger partial charge in [-0.2, -0.15) is 0 Å². The average Bonchev–Trinajstić information content (AvgIpc) is 3.40. The van der Waals surface area contributed by atoms with Crippen LogP contribution in [0.15, 0.2) is 53.6 Å². The summed E-state index contributed by atoms with van der Waals surface area (Å²) in [6, 6.07) is 7.39. The Hall–Kier alpha value is -3.42. The molecular weight excluding hydrogens is 346 g/mol. The zero-order chi connectivity index (χ0) is 18.6. The molecule has 2 aliphatic heterocycles. The first-order valence-corrected chi connectivity index (χ1v) is 8.73. The predicted octanol–water partition coefficient (Wildman–Crippen LogP) is 1.64. The molecule has 3 aromatic heterocycles. The smallest absolute Gasteiger partial charge is 0.272 e. The number of carbonyl (C=O) groups excluding carboxylic acids is 2. The Morgan fingerprint density at radius 1 is 1.22 bits per heavy atom. The van der Waals surface area contributed by atoms with Gasteiger partial charge in [0.25, 0.3) is 11.8 Å². The van der Waals surface area contributed by atoms with Crippen molar-refractivity contribution in [2.24, 2.45) is 0 Å². The standard InChI is InChI=1S/C19H17N5O3/c1-13-15(11-27-21-13)17(25)23-9-10-24-18(26)16-3-2-8-22(16)12-19(23,24)14-4-6-20-7-5-14/h2-8,11H,9-10,12H2,1H3. The Balaban J connectivity index is 1.70. The van der Waals surface area contributed by atoms with Crippen LogP contribution in [0.25, 0.3) is 0 Å². The number of amides is 2. The van der Waals surface area contributed by atoms with E-state index >= 15 is 0 Å². The second kappa shape index (κ2) is 5.54. The van der Waals surface area contributed by atoms with Crippen molar-refractivity contribution in [1.29, 1.82) is 0 Å². The lowest BCUT2D eigenvalue weighted by Gasteiger charge is -2.47. The highest BCUT2D eigenvalue weighted by Crippen LogP contribution is 2.43. The summed E-state index contributed by atoms with van der Waals surface area (Å²) < 4.78 is 6.88. The van der Waals surface area contributed by atoms with Gasteiger partial charge in [0.15, 0.2) is 5.66 Å². The number of nitrogens with zero attached hydrogens (tertiary/aromatic N) is 5. The Morgan fingerprint density at radius 2 is 2.04 bits per heavy atom. The maximum atomic E-state index is 13.4. The Kier molecular flexibility index (Phi) is 3.24. The van der Waals surface area contributed by atoms with Gasteiger partial charge in [0, 0.05) is 37.2 Å². The van der Waals surface area contributed by atoms with Crippen LogP contribution >= 0.6 is 0 Å². The average molecular weight is 363 g/mol. The second-order valence-corrected chi connectivity index (χ2v) is 6.80. The van der Waals surface area contributed by atoms with E-state index < -0.39 is 5.66 Å². The third-order valence-corrected chi connectivity index (χ3v) is 5.49. The van der Waals surface area contributed by atoms with Crippen LogP contribution in [0.4, 0.5) is 0 Å². The SMILES string of the molecule is Cc1nocc1C(=O)N1CCN2C(=O)c3cccn3CC12c1ccncc1. The van der Waals surface area contributed by atoms with Crippen LogP contribution in [0.2, 0.25) is 0 Å². The van der Waals surface area contributed by atoms with Crippen LogP contribution in [-0.4, -0.2) is 49.4 Å². The van der Waals surface area contributed by atoms with E-state index in [1.807, 2.05) is 35.0 Å². The van der Waals surface area contributed by atoms with Crippen LogP contribution in [0.1, 0.15) is 32.1 Å². The number of fused-ring (bicyclic) bond motifs is 2. The summed E-state index contributed by atoms with van der Waals surface area (Å²) in [5.74, 6) is -0.281. The molecule has 0 aliphatic carbocycles. The lowest BCUT2D eigenvalue weighted by Crippen LogP contribution is -2.60. The minimum absolute atomic E-state index is 0.0830. The van der Waals surface area contributed by atoms with Crippen molar-refractivity contribution >= 4 is 11.8 Å². The molecular formula is C19H17N5O3. The first kappa shape index (κ1) is 15.8. The van der Waals surface area contributed by atoms with Gasteiger partial charge >= 0.3 is 0 Å². The molecule has 0 N–H and O–H groups in total. The monoisotopic (exact) mass is 363 g/mol. The van der Waals surface area contributed by atoms with Crippen molar-refractivity contribution in [2.75, 3.05) is 13.1 Å². The van der Waals surface area contributed by atoms with E-state index in [0.29, 0.717) is 36.6 Å². The molecule has 0 radical (unpaired) electrons. The lowest BCUT2D eigenvalue weighted by atomic mass is 9.94. The molecule has 1 saturated heterocycles. The third-order valence-electron chi connectivity index (χ3n) is 5.49. The number of aryl methyl sites for hydroxylation is 1. The highest BCUT2D eigenvalue weighted by molar-refractivity contribution is 5.98. The second-order valence-electron chi connectivity index (χ2n) is 6.80. The van der Waals surface area contributed by atoms with Gasteiger partial charge < -0.3 is 18.9 Å². The van der Waals surface area contributed by atoms with Crippen molar-refractivity contribution in [3.05, 3.63) is 71.6 Å². The normalized spacial score (nSPS) is 21.3. The van der Waals surface area contributed by atoms with Crippen LogP contribution in [0.3, 0.4) is 0 Å². The van der Waals surface area contributed by atoms with Gasteiger partial charge in [-0.25, -0.2) is 0 Å². The highest BCUT2D eigenvalue weighted by atomic mass is 16.5. The minimum atomic E-state index is -0.910. The fourth-order valence-corrected chi connectivity index (χ4v) is 4.21. The van der Waals surface area contributed by atoms with E-state index in [1.54, 1.807) is 29.1 Å². The number of carbonyl (C=O) groups is 2. The fourth-order valence-electron chi connectivity index (χ4n) is 4.21. The van der Waals surface area contributed by atoms with Crippen molar-refractivity contribution in [2.45, 2.75) is 19.1 Å². The van der Waals surface area contributed by atoms with Gasteiger partial charge in [-0.15, -0.1) is 0 Å². The summed E-state index contributed by atoms with van der Waals surface area (Å²) in [6.07, 6.45) is 6.61. The molecule has 0 saturated carbocycles. The zero-order valence-electron chi connectivity index (χ0n) is 14.7. The molecule has 1 fully saturated rings. The summed E-state index contributed by atoms with van der Waals surface area (Å²) in [5.41, 5.74) is 1.52. The van der Waals surface area contributed by atoms with E-state index in [-0.39, 0.29) is 11.8 Å². The largest absolute Gasteiger partial charge is 0.364 e. The Morgan fingerprint density at radius 3 is 2.78 bits per heavy atom. The first-order chi connectivity index (χ1) is 13.1. The van der Waals surface area contributed by atoms with Crippen molar-refractivity contribution in [1.82, 2.24) is 24.5 Å². The molecule has 0 aromatic carbocycles. The third kappa shape index (κ3) is 2.03. The fraction of sp³-hybridized carbons (Fsp3) is 0.263. The summed E-state index contributed by atoms with van der Waals surface area (Å²) in [5, 5.41) is 3.83. The number of aromatic nitrogens is 3. The Bertz CT molecular complexity index is 1040. The molecule has 8 nitrogen and oxygen atoms in total. The summed E-state index contributed by atoms with van der Waals surface area (Å²) >= 11 is 0. The molecule has 136 valence electrons. The van der Waals surface area contributed by atoms with Crippen LogP contribution in [-0.2, 0) is 12.2 Å². The summed E-state index contributed by atoms with van der Waals surface area (Å²) in [6.45, 7) is 3.09. The highest BCUT2D eigenvalue weighted by Gasteiger charge is 2.56. The molecule has 5 rings (SSSR count). The van der Waals surface area contributed by atoms with Gasteiger partial charge in [0.05, 0.1) is 12.2 Å². The van der Waals surface area contributed by atoms with Crippen LogP contribution in [0.5, 0.6) is 0 Å². The maximum absolute atomic E-state index is 13.4. The number of hydrogen-bond donors (Lipinski definition) is 0. The van der Waals surface area contributed by atoms with Gasteiger partial charge in [0.2, 0.25) is 0 Å². The van der Waals surface area contributed by atoms with E-state index in [0.717, 1.165) is 5.56 Å². The van der Waals surface area contributed by atoms with Crippen molar-refractivity contribution in [3.63, 3.8) is 0 Å². The number of pyridine rings is 1. The zero-order valence-corrected chi connectivity index (χ0v) is 14.7. The molecule has 27 heavy (non-hydrogen) atoms. The maximum Gasteiger partial charge on any atom is 0.272 e. The molecule has 3 aromatic rings. The molecule has 1 unspecified atom stereocenters. The van der Waals surface area contributed by atoms with Crippen LogP contribution in [0, 0.1) is 6.92 Å². The molecule has 0 spiro atoms. The van der Waals surface area contributed by atoms with Crippen LogP contribution < -0.4 is 0 Å². The molecule has 8 heteroatoms. The van der Waals surface area contributed by atoms with E-state index in [9.17, 15) is 9.59 Å². The first-order valence-electron chi connectivity index (χ1n) is 8.73. The van der Waals surface area contributed by atoms with Crippen molar-refractivity contribution in [3.8, 4) is 0 Å². The van der Waals surface area contributed by atoms with E-state index in [2.05, 4.69) is 10.1 Å². The predicted molar refractivity (Wildman–Crippen MR) is 93.7 cm³/mol. The molecule has 2 amide bonds. The number of hydrogen-bond acceptors (Lipinski definition) is 5. The molecule has 0 bridgehead atoms. The van der Waals surface area contributed by atoms with Crippen molar-refractivity contribution < 1.29 is 14.1 Å². The minimum Gasteiger partial charge on any atom is -0.364 e. The quantitative estimate of drug-likeness (QED) is 0.691. The molecule has 1 atom stereocenters. The lowest BCUT2D eigenvalue weighted by molar-refractivity contribution is -0.00601. The molecule has 5 heterocycles. The van der Waals surface area contributed by atoms with Gasteiger partial charge in [-0.05, 0) is 31.2 Å².